The van der Waals surface area contributed by atoms with E-state index in [1.165, 1.54) is 27.8 Å². The standard InChI is InChI=1S/C21H25.C9H13.C3H6.2ClH.Zr/c1-20(2,3)16-7-9-18-14(12-16)11-15-13-17(21(4,5)6)8-10-19(15)18;1-9(2,3)8-6-4-5-7-8;1-3-2;;;/h7-10,12H,11H2,1-6H3;6-7H,4H2,1-3H3;1-2H3;2*1H;/q;;;;;+2/p-2. The van der Waals surface area contributed by atoms with Crippen molar-refractivity contribution < 1.29 is 46.1 Å². The van der Waals surface area contributed by atoms with Gasteiger partial charge in [-0.05, 0) is 0 Å². The Bertz CT molecular complexity index is 1250. The SMILES string of the molecule is C[C](C)=[Zr+2]([C]1=CC(C(C)(C)C)=CC1)[c]1c(C(C)(C)C)ccc2c1Cc1cc(C(C)(C)C)ccc1-2.[Cl-].[Cl-]. The normalized spacial score (nSPS) is 14.5. The van der Waals surface area contributed by atoms with Gasteiger partial charge in [-0.25, -0.2) is 0 Å². The molecule has 0 amide bonds. The van der Waals surface area contributed by atoms with Crippen LogP contribution >= 0.6 is 0 Å². The summed E-state index contributed by atoms with van der Waals surface area (Å²) in [5, 5.41) is 0. The van der Waals surface area contributed by atoms with Crippen LogP contribution in [0.2, 0.25) is 0 Å². The second kappa shape index (κ2) is 10.8. The van der Waals surface area contributed by atoms with Crippen molar-refractivity contribution in [3.8, 4) is 11.1 Å². The minimum Gasteiger partial charge on any atom is -1.00 e. The zero-order valence-corrected chi connectivity index (χ0v) is 28.2. The fraction of sp³-hybridized carbons (Fsp3) is 0.485. The number of fused-ring (bicyclic) bond motifs is 3. The molecule has 0 fully saturated rings. The molecule has 0 spiro atoms. The smallest absolute Gasteiger partial charge is 1.00 e. The van der Waals surface area contributed by atoms with E-state index in [0.29, 0.717) is 0 Å². The van der Waals surface area contributed by atoms with Gasteiger partial charge in [-0.15, -0.1) is 0 Å². The molecule has 2 aromatic carbocycles. The Hall–Kier alpha value is -0.747. The van der Waals surface area contributed by atoms with Crippen LogP contribution in [0.4, 0.5) is 0 Å². The number of rotatable bonds is 2. The summed E-state index contributed by atoms with van der Waals surface area (Å²) in [5.41, 5.74) is 11.3. The molecule has 4 rings (SSSR count). The van der Waals surface area contributed by atoms with E-state index in [-0.39, 0.29) is 41.1 Å². The first-order valence-electron chi connectivity index (χ1n) is 13.0. The maximum atomic E-state index is 2.60. The fourth-order valence-electron chi connectivity index (χ4n) is 5.61. The van der Waals surface area contributed by atoms with Gasteiger partial charge in [0.2, 0.25) is 0 Å². The summed E-state index contributed by atoms with van der Waals surface area (Å²) >= 11 is -2.23. The van der Waals surface area contributed by atoms with Crippen LogP contribution in [0, 0.1) is 5.41 Å². The average Bonchev–Trinajstić information content (AvgIpc) is 3.31. The van der Waals surface area contributed by atoms with Crippen LogP contribution in [0.15, 0.2) is 51.3 Å². The maximum Gasteiger partial charge on any atom is -1.00 e. The molecule has 36 heavy (non-hydrogen) atoms. The van der Waals surface area contributed by atoms with Gasteiger partial charge < -0.3 is 24.8 Å². The number of allylic oxidation sites excluding steroid dienone is 4. The fourth-order valence-corrected chi connectivity index (χ4v) is 13.8. The van der Waals surface area contributed by atoms with Crippen molar-refractivity contribution in [3.05, 3.63) is 73.6 Å². The first-order chi connectivity index (χ1) is 15.6. The van der Waals surface area contributed by atoms with Crippen LogP contribution < -0.4 is 28.1 Å². The Kier molecular flexibility index (Phi) is 9.43. The molecular formula is C33H44Cl2Zr. The van der Waals surface area contributed by atoms with E-state index >= 15 is 0 Å². The van der Waals surface area contributed by atoms with Crippen LogP contribution in [0.3, 0.4) is 0 Å². The molecule has 0 nitrogen and oxygen atoms in total. The molecular weight excluding hydrogens is 558 g/mol. The van der Waals surface area contributed by atoms with Crippen molar-refractivity contribution in [2.75, 3.05) is 0 Å². The molecule has 2 aliphatic rings. The van der Waals surface area contributed by atoms with Gasteiger partial charge in [-0.3, -0.25) is 0 Å². The van der Waals surface area contributed by atoms with E-state index in [4.69, 9.17) is 0 Å². The second-order valence-electron chi connectivity index (χ2n) is 13.7. The summed E-state index contributed by atoms with van der Waals surface area (Å²) in [6.07, 6.45) is 7.37. The van der Waals surface area contributed by atoms with Crippen molar-refractivity contribution in [3.63, 3.8) is 0 Å². The first-order valence-corrected chi connectivity index (χ1v) is 16.7. The third-order valence-corrected chi connectivity index (χ3v) is 15.1. The summed E-state index contributed by atoms with van der Waals surface area (Å²) in [6.45, 7) is 26.1. The molecule has 0 N–H and O–H groups in total. The van der Waals surface area contributed by atoms with E-state index in [9.17, 15) is 0 Å². The minimum atomic E-state index is -2.23. The molecule has 194 valence electrons. The molecule has 0 unspecified atom stereocenters. The van der Waals surface area contributed by atoms with Gasteiger partial charge in [0.05, 0.1) is 0 Å². The number of halogens is 2. The molecule has 2 aromatic rings. The summed E-state index contributed by atoms with van der Waals surface area (Å²) < 4.78 is 5.23. The van der Waals surface area contributed by atoms with E-state index in [1.54, 1.807) is 20.9 Å². The number of hydrogen-bond donors (Lipinski definition) is 0. The van der Waals surface area contributed by atoms with Gasteiger partial charge in [0.1, 0.15) is 0 Å². The maximum absolute atomic E-state index is 2.60. The van der Waals surface area contributed by atoms with Crippen LogP contribution in [-0.2, 0) is 38.5 Å². The van der Waals surface area contributed by atoms with Crippen molar-refractivity contribution in [1.82, 2.24) is 0 Å². The minimum absolute atomic E-state index is 0. The first kappa shape index (κ1) is 31.5. The second-order valence-corrected chi connectivity index (χ2v) is 20.8. The van der Waals surface area contributed by atoms with Gasteiger partial charge in [-0.1, -0.05) is 0 Å². The Morgan fingerprint density at radius 2 is 1.36 bits per heavy atom. The quantitative estimate of drug-likeness (QED) is 0.423. The molecule has 0 saturated heterocycles. The summed E-state index contributed by atoms with van der Waals surface area (Å²) in [5.74, 6) is 0. The predicted molar refractivity (Wildman–Crippen MR) is 148 cm³/mol. The van der Waals surface area contributed by atoms with E-state index in [0.717, 1.165) is 12.8 Å². The third-order valence-electron chi connectivity index (χ3n) is 7.56. The number of benzene rings is 2. The molecule has 2 aliphatic carbocycles. The van der Waals surface area contributed by atoms with Crippen molar-refractivity contribution >= 4 is 6.48 Å². The van der Waals surface area contributed by atoms with Gasteiger partial charge in [0, 0.05) is 0 Å². The zero-order chi connectivity index (χ0) is 25.2. The van der Waals surface area contributed by atoms with Crippen LogP contribution in [-0.4, -0.2) is 3.21 Å². The van der Waals surface area contributed by atoms with Gasteiger partial charge in [0.25, 0.3) is 0 Å². The Morgan fingerprint density at radius 3 is 1.86 bits per heavy atom. The molecule has 0 heterocycles. The van der Waals surface area contributed by atoms with E-state index in [2.05, 4.69) is 119 Å². The molecule has 3 heteroatoms. The molecule has 0 saturated carbocycles. The monoisotopic (exact) mass is 600 g/mol. The van der Waals surface area contributed by atoms with Gasteiger partial charge in [0.15, 0.2) is 0 Å². The summed E-state index contributed by atoms with van der Waals surface area (Å²) in [4.78, 5) is 0. The van der Waals surface area contributed by atoms with Crippen molar-refractivity contribution in [2.45, 2.75) is 99.8 Å². The van der Waals surface area contributed by atoms with Crippen LogP contribution in [0.25, 0.3) is 11.1 Å². The van der Waals surface area contributed by atoms with E-state index in [1.807, 2.05) is 0 Å². The van der Waals surface area contributed by atoms with Gasteiger partial charge in [-0.2, -0.15) is 0 Å². The summed E-state index contributed by atoms with van der Waals surface area (Å²) in [6, 6.07) is 12.2. The Morgan fingerprint density at radius 1 is 0.750 bits per heavy atom. The van der Waals surface area contributed by atoms with Crippen molar-refractivity contribution in [2.24, 2.45) is 5.41 Å². The average molecular weight is 603 g/mol. The molecule has 0 aliphatic heterocycles. The van der Waals surface area contributed by atoms with Gasteiger partial charge >= 0.3 is 218 Å². The molecule has 0 aromatic heterocycles. The molecule has 0 radical (unpaired) electrons. The Labute approximate surface area is 241 Å². The molecule has 0 bridgehead atoms. The largest absolute Gasteiger partial charge is 1.00 e. The predicted octanol–water partition coefficient (Wildman–Crippen LogP) is 2.58. The van der Waals surface area contributed by atoms with Crippen LogP contribution in [0.5, 0.6) is 0 Å². The third kappa shape index (κ3) is 5.95. The van der Waals surface area contributed by atoms with E-state index < -0.39 is 21.3 Å². The van der Waals surface area contributed by atoms with Crippen LogP contribution in [0.1, 0.15) is 105 Å². The zero-order valence-electron chi connectivity index (χ0n) is 24.2. The van der Waals surface area contributed by atoms with Crippen molar-refractivity contribution in [1.29, 1.82) is 0 Å². The summed E-state index contributed by atoms with van der Waals surface area (Å²) in [7, 11) is 0. The number of hydrogen-bond acceptors (Lipinski definition) is 0. The Balaban J connectivity index is 0.00000228. The topological polar surface area (TPSA) is 0 Å². The molecule has 0 atom stereocenters.